The van der Waals surface area contributed by atoms with Crippen LogP contribution >= 0.6 is 11.8 Å². The third-order valence-corrected chi connectivity index (χ3v) is 5.78. The number of methoxy groups -OCH3 is 2. The summed E-state index contributed by atoms with van der Waals surface area (Å²) in [6.07, 6.45) is 7.37. The predicted molar refractivity (Wildman–Crippen MR) is 67.6 cm³/mol. The van der Waals surface area contributed by atoms with E-state index in [1.165, 1.54) is 25.7 Å². The van der Waals surface area contributed by atoms with Crippen LogP contribution in [0, 0.1) is 0 Å². The molecular weight excluding hydrogens is 222 g/mol. The number of thioether (sulfide) groups is 1. The normalized spacial score (nSPS) is 27.9. The third-order valence-electron chi connectivity index (χ3n) is 4.02. The zero-order valence-corrected chi connectivity index (χ0v) is 11.1. The Balaban J connectivity index is 1.90. The second-order valence-corrected chi connectivity index (χ2v) is 6.85. The third kappa shape index (κ3) is 2.26. The van der Waals surface area contributed by atoms with Crippen molar-refractivity contribution in [3.63, 3.8) is 0 Å². The Morgan fingerprint density at radius 1 is 1.19 bits per heavy atom. The van der Waals surface area contributed by atoms with E-state index in [-0.39, 0.29) is 10.5 Å². The molecule has 2 aliphatic rings. The Bertz CT molecular complexity index is 224. The highest BCUT2D eigenvalue weighted by Gasteiger charge is 2.56. The van der Waals surface area contributed by atoms with Crippen molar-refractivity contribution < 1.29 is 9.47 Å². The lowest BCUT2D eigenvalue weighted by atomic mass is 9.77. The van der Waals surface area contributed by atoms with Gasteiger partial charge in [-0.25, -0.2) is 0 Å². The van der Waals surface area contributed by atoms with Crippen molar-refractivity contribution in [3.8, 4) is 0 Å². The SMILES string of the molecule is COC1(OC)CC(CN)(SC2CCCC2)C1. The van der Waals surface area contributed by atoms with E-state index >= 15 is 0 Å². The monoisotopic (exact) mass is 245 g/mol. The first-order valence-electron chi connectivity index (χ1n) is 6.16. The molecule has 0 aromatic carbocycles. The van der Waals surface area contributed by atoms with Crippen LogP contribution in [0.3, 0.4) is 0 Å². The molecule has 0 saturated heterocycles. The number of rotatable bonds is 5. The summed E-state index contributed by atoms with van der Waals surface area (Å²) in [5.74, 6) is -0.356. The van der Waals surface area contributed by atoms with Crippen molar-refractivity contribution >= 4 is 11.8 Å². The van der Waals surface area contributed by atoms with Crippen LogP contribution in [0.2, 0.25) is 0 Å². The van der Waals surface area contributed by atoms with Crippen LogP contribution in [0.25, 0.3) is 0 Å². The maximum atomic E-state index is 5.95. The van der Waals surface area contributed by atoms with Gasteiger partial charge in [-0.2, -0.15) is 11.8 Å². The number of hydrogen-bond acceptors (Lipinski definition) is 4. The maximum absolute atomic E-state index is 5.95. The Kier molecular flexibility index (Phi) is 3.84. The molecule has 4 heteroatoms. The lowest BCUT2D eigenvalue weighted by Crippen LogP contribution is -2.60. The molecule has 0 spiro atoms. The van der Waals surface area contributed by atoms with Crippen molar-refractivity contribution in [1.82, 2.24) is 0 Å². The van der Waals surface area contributed by atoms with Crippen LogP contribution < -0.4 is 5.73 Å². The number of hydrogen-bond donors (Lipinski definition) is 1. The Morgan fingerprint density at radius 3 is 2.19 bits per heavy atom. The predicted octanol–water partition coefficient (Wildman–Crippen LogP) is 2.14. The summed E-state index contributed by atoms with van der Waals surface area (Å²) in [6, 6.07) is 0. The molecule has 0 atom stereocenters. The highest BCUT2D eigenvalue weighted by molar-refractivity contribution is 8.01. The van der Waals surface area contributed by atoms with E-state index in [0.29, 0.717) is 0 Å². The fourth-order valence-electron chi connectivity index (χ4n) is 2.94. The lowest BCUT2D eigenvalue weighted by Gasteiger charge is -2.54. The highest BCUT2D eigenvalue weighted by atomic mass is 32.2. The molecule has 2 aliphatic carbocycles. The minimum absolute atomic E-state index is 0.209. The molecule has 2 saturated carbocycles. The Morgan fingerprint density at radius 2 is 1.75 bits per heavy atom. The first-order chi connectivity index (χ1) is 7.67. The second-order valence-electron chi connectivity index (χ2n) is 5.08. The zero-order chi connectivity index (χ0) is 11.6. The van der Waals surface area contributed by atoms with Gasteiger partial charge in [0.1, 0.15) is 0 Å². The molecule has 0 heterocycles. The van der Waals surface area contributed by atoms with Gasteiger partial charge in [0.25, 0.3) is 0 Å². The van der Waals surface area contributed by atoms with Crippen LogP contribution in [-0.2, 0) is 9.47 Å². The average Bonchev–Trinajstić information content (AvgIpc) is 2.76. The van der Waals surface area contributed by atoms with Gasteiger partial charge >= 0.3 is 0 Å². The molecule has 94 valence electrons. The van der Waals surface area contributed by atoms with E-state index in [9.17, 15) is 0 Å². The first-order valence-corrected chi connectivity index (χ1v) is 7.04. The molecule has 0 aromatic rings. The molecule has 2 fully saturated rings. The average molecular weight is 245 g/mol. The lowest BCUT2D eigenvalue weighted by molar-refractivity contribution is -0.260. The molecule has 0 unspecified atom stereocenters. The van der Waals surface area contributed by atoms with Crippen LogP contribution in [0.5, 0.6) is 0 Å². The number of nitrogens with two attached hydrogens (primary N) is 1. The summed E-state index contributed by atoms with van der Waals surface area (Å²) in [4.78, 5) is 0. The summed E-state index contributed by atoms with van der Waals surface area (Å²) in [6.45, 7) is 0.739. The number of ether oxygens (including phenoxy) is 2. The maximum Gasteiger partial charge on any atom is 0.170 e. The van der Waals surface area contributed by atoms with E-state index < -0.39 is 0 Å². The van der Waals surface area contributed by atoms with Gasteiger partial charge in [0, 0.05) is 43.6 Å². The van der Waals surface area contributed by atoms with Gasteiger partial charge < -0.3 is 15.2 Å². The van der Waals surface area contributed by atoms with Crippen molar-refractivity contribution in [2.45, 2.75) is 54.3 Å². The molecule has 16 heavy (non-hydrogen) atoms. The van der Waals surface area contributed by atoms with Crippen molar-refractivity contribution in [2.24, 2.45) is 5.73 Å². The summed E-state index contributed by atoms with van der Waals surface area (Å²) in [5, 5.41) is 0.815. The van der Waals surface area contributed by atoms with Crippen molar-refractivity contribution in [1.29, 1.82) is 0 Å². The molecule has 0 aromatic heterocycles. The fourth-order valence-corrected chi connectivity index (χ4v) is 4.92. The minimum atomic E-state index is -0.356. The smallest absolute Gasteiger partial charge is 0.170 e. The van der Waals surface area contributed by atoms with Gasteiger partial charge in [-0.05, 0) is 12.8 Å². The largest absolute Gasteiger partial charge is 0.353 e. The van der Waals surface area contributed by atoms with Crippen LogP contribution in [-0.4, -0.2) is 36.5 Å². The van der Waals surface area contributed by atoms with E-state index in [4.69, 9.17) is 15.2 Å². The molecule has 0 amide bonds. The Hall–Kier alpha value is 0.230. The minimum Gasteiger partial charge on any atom is -0.353 e. The Labute approximate surface area is 102 Å². The van der Waals surface area contributed by atoms with Gasteiger partial charge in [0.2, 0.25) is 0 Å². The summed E-state index contributed by atoms with van der Waals surface area (Å²) in [7, 11) is 3.45. The van der Waals surface area contributed by atoms with Gasteiger partial charge in [-0.1, -0.05) is 12.8 Å². The first kappa shape index (κ1) is 12.7. The van der Waals surface area contributed by atoms with E-state index in [2.05, 4.69) is 11.8 Å². The highest BCUT2D eigenvalue weighted by Crippen LogP contribution is 2.54. The van der Waals surface area contributed by atoms with Gasteiger partial charge in [0.05, 0.1) is 0 Å². The summed E-state index contributed by atoms with van der Waals surface area (Å²) < 4.78 is 11.1. The molecule has 0 radical (unpaired) electrons. The summed E-state index contributed by atoms with van der Waals surface area (Å²) >= 11 is 2.09. The van der Waals surface area contributed by atoms with Gasteiger partial charge in [0.15, 0.2) is 5.79 Å². The molecule has 2 N–H and O–H groups in total. The van der Waals surface area contributed by atoms with E-state index in [0.717, 1.165) is 24.6 Å². The molecule has 0 aliphatic heterocycles. The van der Waals surface area contributed by atoms with E-state index in [1.807, 2.05) is 0 Å². The molecular formula is C12H23NO2S. The quantitative estimate of drug-likeness (QED) is 0.754. The second kappa shape index (κ2) is 4.84. The topological polar surface area (TPSA) is 44.5 Å². The summed E-state index contributed by atoms with van der Waals surface area (Å²) in [5.41, 5.74) is 5.95. The molecule has 3 nitrogen and oxygen atoms in total. The van der Waals surface area contributed by atoms with Crippen molar-refractivity contribution in [2.75, 3.05) is 20.8 Å². The standard InChI is InChI=1S/C12H23NO2S/c1-14-12(15-2)7-11(8-12,9-13)16-10-5-3-4-6-10/h10H,3-9,13H2,1-2H3. The van der Waals surface area contributed by atoms with Crippen molar-refractivity contribution in [3.05, 3.63) is 0 Å². The zero-order valence-electron chi connectivity index (χ0n) is 10.3. The van der Waals surface area contributed by atoms with Crippen LogP contribution in [0.15, 0.2) is 0 Å². The van der Waals surface area contributed by atoms with Gasteiger partial charge in [-0.15, -0.1) is 0 Å². The van der Waals surface area contributed by atoms with E-state index in [1.54, 1.807) is 14.2 Å². The van der Waals surface area contributed by atoms with Crippen LogP contribution in [0.4, 0.5) is 0 Å². The fraction of sp³-hybridized carbons (Fsp3) is 1.00. The van der Waals surface area contributed by atoms with Gasteiger partial charge in [-0.3, -0.25) is 0 Å². The van der Waals surface area contributed by atoms with Crippen LogP contribution in [0.1, 0.15) is 38.5 Å². The molecule has 0 bridgehead atoms. The molecule has 2 rings (SSSR count).